The molecule has 1 aromatic rings. The molecule has 0 amide bonds. The summed E-state index contributed by atoms with van der Waals surface area (Å²) in [6.07, 6.45) is 3.01. The maximum absolute atomic E-state index is 6.07. The first-order valence-electron chi connectivity index (χ1n) is 4.70. The maximum Gasteiger partial charge on any atom is 0.0922 e. The van der Waals surface area contributed by atoms with E-state index in [0.717, 1.165) is 23.8 Å². The Balaban J connectivity index is 2.08. The van der Waals surface area contributed by atoms with E-state index in [-0.39, 0.29) is 0 Å². The summed E-state index contributed by atoms with van der Waals surface area (Å²) in [5.41, 5.74) is 6.82. The topological polar surface area (TPSA) is 38.0 Å². The summed E-state index contributed by atoms with van der Waals surface area (Å²) in [6, 6.07) is 7.94. The molecule has 1 aliphatic rings. The van der Waals surface area contributed by atoms with E-state index in [0.29, 0.717) is 5.92 Å². The fraction of sp³-hybridized carbons (Fsp3) is 0.273. The van der Waals surface area contributed by atoms with Crippen LogP contribution in [0.4, 0.5) is 0 Å². The molecule has 74 valence electrons. The summed E-state index contributed by atoms with van der Waals surface area (Å²) in [6.45, 7) is 0.914. The van der Waals surface area contributed by atoms with Crippen LogP contribution in [0.1, 0.15) is 5.56 Å². The van der Waals surface area contributed by atoms with E-state index < -0.39 is 0 Å². The van der Waals surface area contributed by atoms with Crippen molar-refractivity contribution < 1.29 is 0 Å². The average molecular weight is 209 g/mol. The van der Waals surface area contributed by atoms with Gasteiger partial charge >= 0.3 is 0 Å². The van der Waals surface area contributed by atoms with Crippen LogP contribution in [0.5, 0.6) is 0 Å². The molecule has 3 N–H and O–H groups in total. The van der Waals surface area contributed by atoms with Crippen molar-refractivity contribution in [3.63, 3.8) is 0 Å². The second-order valence-electron chi connectivity index (χ2n) is 3.56. The van der Waals surface area contributed by atoms with Crippen molar-refractivity contribution in [2.45, 2.75) is 6.42 Å². The molecule has 0 aromatic heterocycles. The summed E-state index contributed by atoms with van der Waals surface area (Å²) >= 11 is 6.07. The first kappa shape index (κ1) is 9.41. The summed E-state index contributed by atoms with van der Waals surface area (Å²) < 4.78 is 0. The van der Waals surface area contributed by atoms with E-state index in [1.165, 1.54) is 5.56 Å². The lowest BCUT2D eigenvalue weighted by Crippen LogP contribution is -2.17. The number of halogens is 1. The van der Waals surface area contributed by atoms with Gasteiger partial charge in [-0.15, -0.1) is 0 Å². The Morgan fingerprint density at radius 1 is 1.43 bits per heavy atom. The summed E-state index contributed by atoms with van der Waals surface area (Å²) in [7, 11) is 0. The van der Waals surface area contributed by atoms with Gasteiger partial charge in [-0.1, -0.05) is 29.8 Å². The Bertz CT molecular complexity index is 360. The van der Waals surface area contributed by atoms with Gasteiger partial charge in [0.1, 0.15) is 0 Å². The smallest absolute Gasteiger partial charge is 0.0922 e. The molecule has 0 saturated heterocycles. The van der Waals surface area contributed by atoms with E-state index in [2.05, 4.69) is 17.5 Å². The molecule has 2 nitrogen and oxygen atoms in total. The minimum absolute atomic E-state index is 0.467. The van der Waals surface area contributed by atoms with Crippen LogP contribution in [0.25, 0.3) is 0 Å². The van der Waals surface area contributed by atoms with Crippen LogP contribution < -0.4 is 11.1 Å². The lowest BCUT2D eigenvalue weighted by molar-refractivity contribution is 0.648. The van der Waals surface area contributed by atoms with Gasteiger partial charge in [0.2, 0.25) is 0 Å². The van der Waals surface area contributed by atoms with Gasteiger partial charge in [-0.05, 0) is 24.1 Å². The van der Waals surface area contributed by atoms with Crippen LogP contribution in [0.3, 0.4) is 0 Å². The Hall–Kier alpha value is -1.15. The summed E-state index contributed by atoms with van der Waals surface area (Å²) in [5.74, 6) is 1.25. The van der Waals surface area contributed by atoms with Gasteiger partial charge in [0.15, 0.2) is 0 Å². The SMILES string of the molecule is NC1=C[C@H](Cc2ccccc2Cl)CN1. The number of nitrogens with one attached hydrogen (secondary N) is 1. The third-order valence-electron chi connectivity index (χ3n) is 2.42. The molecular weight excluding hydrogens is 196 g/mol. The van der Waals surface area contributed by atoms with Gasteiger partial charge < -0.3 is 11.1 Å². The van der Waals surface area contributed by atoms with E-state index in [1.807, 2.05) is 18.2 Å². The lowest BCUT2D eigenvalue weighted by atomic mass is 10.0. The monoisotopic (exact) mass is 208 g/mol. The molecule has 0 unspecified atom stereocenters. The zero-order valence-electron chi connectivity index (χ0n) is 7.83. The molecule has 0 radical (unpaired) electrons. The van der Waals surface area contributed by atoms with E-state index in [9.17, 15) is 0 Å². The highest BCUT2D eigenvalue weighted by Gasteiger charge is 2.14. The minimum atomic E-state index is 0.467. The predicted octanol–water partition coefficient (Wildman–Crippen LogP) is 1.90. The molecule has 0 spiro atoms. The number of hydrogen-bond donors (Lipinski definition) is 2. The first-order valence-corrected chi connectivity index (χ1v) is 5.08. The quantitative estimate of drug-likeness (QED) is 0.779. The van der Waals surface area contributed by atoms with Gasteiger partial charge in [0.05, 0.1) is 5.82 Å². The van der Waals surface area contributed by atoms with Gasteiger partial charge in [0.25, 0.3) is 0 Å². The van der Waals surface area contributed by atoms with Crippen molar-refractivity contribution in [2.24, 2.45) is 11.7 Å². The average Bonchev–Trinajstić information content (AvgIpc) is 2.56. The lowest BCUT2D eigenvalue weighted by Gasteiger charge is -2.08. The van der Waals surface area contributed by atoms with Crippen molar-refractivity contribution in [1.82, 2.24) is 5.32 Å². The molecule has 0 fully saturated rings. The van der Waals surface area contributed by atoms with Crippen LogP contribution in [0, 0.1) is 5.92 Å². The number of hydrogen-bond acceptors (Lipinski definition) is 2. The standard InChI is InChI=1S/C11H13ClN2/c12-10-4-2-1-3-9(10)5-8-6-11(13)14-7-8/h1-4,6,8,14H,5,7,13H2/t8-/m0/s1. The fourth-order valence-corrected chi connectivity index (χ4v) is 1.91. The second kappa shape index (κ2) is 3.93. The molecule has 3 heteroatoms. The first-order chi connectivity index (χ1) is 6.75. The molecule has 2 rings (SSSR count). The van der Waals surface area contributed by atoms with Crippen molar-refractivity contribution in [2.75, 3.05) is 6.54 Å². The summed E-state index contributed by atoms with van der Waals surface area (Å²) in [5, 5.41) is 3.94. The minimum Gasteiger partial charge on any atom is -0.386 e. The maximum atomic E-state index is 6.07. The number of rotatable bonds is 2. The highest BCUT2D eigenvalue weighted by molar-refractivity contribution is 6.31. The van der Waals surface area contributed by atoms with Crippen LogP contribution in [0.15, 0.2) is 36.2 Å². The molecule has 1 aliphatic heterocycles. The van der Waals surface area contributed by atoms with Gasteiger partial charge in [-0.2, -0.15) is 0 Å². The van der Waals surface area contributed by atoms with Crippen LogP contribution in [0.2, 0.25) is 5.02 Å². The second-order valence-corrected chi connectivity index (χ2v) is 3.97. The molecule has 1 atom stereocenters. The third-order valence-corrected chi connectivity index (χ3v) is 2.79. The molecule has 1 heterocycles. The Morgan fingerprint density at radius 3 is 2.86 bits per heavy atom. The number of nitrogens with two attached hydrogens (primary N) is 1. The zero-order valence-corrected chi connectivity index (χ0v) is 8.59. The van der Waals surface area contributed by atoms with Crippen molar-refractivity contribution >= 4 is 11.6 Å². The van der Waals surface area contributed by atoms with Crippen molar-refractivity contribution in [3.05, 3.63) is 46.7 Å². The number of benzene rings is 1. The van der Waals surface area contributed by atoms with E-state index >= 15 is 0 Å². The Labute approximate surface area is 88.8 Å². The molecule has 0 saturated carbocycles. The predicted molar refractivity (Wildman–Crippen MR) is 58.9 cm³/mol. The largest absolute Gasteiger partial charge is 0.386 e. The third kappa shape index (κ3) is 2.02. The van der Waals surface area contributed by atoms with Crippen LogP contribution >= 0.6 is 11.6 Å². The van der Waals surface area contributed by atoms with Crippen molar-refractivity contribution in [3.8, 4) is 0 Å². The normalized spacial score (nSPS) is 20.4. The molecule has 14 heavy (non-hydrogen) atoms. The fourth-order valence-electron chi connectivity index (χ4n) is 1.70. The highest BCUT2D eigenvalue weighted by atomic mass is 35.5. The molecule has 1 aromatic carbocycles. The van der Waals surface area contributed by atoms with Gasteiger partial charge in [-0.3, -0.25) is 0 Å². The zero-order chi connectivity index (χ0) is 9.97. The highest BCUT2D eigenvalue weighted by Crippen LogP contribution is 2.20. The molecule has 0 bridgehead atoms. The molecule has 0 aliphatic carbocycles. The van der Waals surface area contributed by atoms with Crippen molar-refractivity contribution in [1.29, 1.82) is 0 Å². The van der Waals surface area contributed by atoms with Gasteiger partial charge in [0, 0.05) is 17.5 Å². The van der Waals surface area contributed by atoms with E-state index in [1.54, 1.807) is 0 Å². The molecular formula is C11H13ClN2. The Morgan fingerprint density at radius 2 is 2.21 bits per heavy atom. The van der Waals surface area contributed by atoms with E-state index in [4.69, 9.17) is 17.3 Å². The van der Waals surface area contributed by atoms with Gasteiger partial charge in [-0.25, -0.2) is 0 Å². The van der Waals surface area contributed by atoms with Crippen LogP contribution in [-0.2, 0) is 6.42 Å². The van der Waals surface area contributed by atoms with Crippen LogP contribution in [-0.4, -0.2) is 6.54 Å². The summed E-state index contributed by atoms with van der Waals surface area (Å²) in [4.78, 5) is 0. The Kier molecular flexibility index (Phi) is 2.64.